The summed E-state index contributed by atoms with van der Waals surface area (Å²) in [5.74, 6) is 0.273. The Balaban J connectivity index is 1.49. The quantitative estimate of drug-likeness (QED) is 0.864. The van der Waals surface area contributed by atoms with Gasteiger partial charge in [-0.2, -0.15) is 5.10 Å². The first-order valence-electron chi connectivity index (χ1n) is 8.58. The molecule has 24 heavy (non-hydrogen) atoms. The molecule has 6 nitrogen and oxygen atoms in total. The van der Waals surface area contributed by atoms with Gasteiger partial charge in [0.25, 0.3) is 0 Å². The minimum atomic E-state index is -0.221. The average Bonchev–Trinajstić information content (AvgIpc) is 3.14. The first-order valence-corrected chi connectivity index (χ1v) is 8.58. The van der Waals surface area contributed by atoms with Gasteiger partial charge in [-0.3, -0.25) is 19.4 Å². The summed E-state index contributed by atoms with van der Waals surface area (Å²) in [5.41, 5.74) is 1.96. The number of carbonyl (C=O) groups excluding carboxylic acids is 1. The van der Waals surface area contributed by atoms with Crippen LogP contribution in [-0.4, -0.2) is 45.2 Å². The third-order valence-corrected chi connectivity index (χ3v) is 5.33. The molecule has 2 fully saturated rings. The van der Waals surface area contributed by atoms with Gasteiger partial charge in [-0.05, 0) is 43.5 Å². The Morgan fingerprint density at radius 2 is 2.04 bits per heavy atom. The number of nitrogens with zero attached hydrogens (tertiary/aromatic N) is 5. The summed E-state index contributed by atoms with van der Waals surface area (Å²) >= 11 is 0. The SMILES string of the molecule is Cn1cc(N2CC[C@@]3(CCCN(Cc4ccncc4)C3)C2=O)cn1. The zero-order valence-electron chi connectivity index (χ0n) is 14.1. The molecule has 0 aromatic carbocycles. The molecule has 2 aliphatic heterocycles. The maximum absolute atomic E-state index is 13.1. The van der Waals surface area contributed by atoms with Crippen LogP contribution in [0.15, 0.2) is 36.9 Å². The van der Waals surface area contributed by atoms with Gasteiger partial charge in [-0.1, -0.05) is 0 Å². The van der Waals surface area contributed by atoms with Crippen LogP contribution in [0.2, 0.25) is 0 Å². The molecule has 2 aliphatic rings. The fraction of sp³-hybridized carbons (Fsp3) is 0.500. The summed E-state index contributed by atoms with van der Waals surface area (Å²) in [6, 6.07) is 4.11. The predicted molar refractivity (Wildman–Crippen MR) is 91.4 cm³/mol. The van der Waals surface area contributed by atoms with Crippen molar-refractivity contribution in [2.24, 2.45) is 12.5 Å². The van der Waals surface area contributed by atoms with Crippen molar-refractivity contribution < 1.29 is 4.79 Å². The van der Waals surface area contributed by atoms with Crippen molar-refractivity contribution in [2.75, 3.05) is 24.5 Å². The minimum Gasteiger partial charge on any atom is -0.309 e. The smallest absolute Gasteiger partial charge is 0.234 e. The zero-order chi connectivity index (χ0) is 16.6. The molecule has 0 saturated carbocycles. The molecule has 6 heteroatoms. The number of aromatic nitrogens is 3. The lowest BCUT2D eigenvalue weighted by Crippen LogP contribution is -2.47. The highest BCUT2D eigenvalue weighted by atomic mass is 16.2. The molecule has 1 atom stereocenters. The van der Waals surface area contributed by atoms with E-state index in [9.17, 15) is 4.79 Å². The standard InChI is InChI=1S/C18H23N5O/c1-21-13-16(11-20-21)23-10-6-18(17(23)24)5-2-9-22(14-18)12-15-3-7-19-8-4-15/h3-4,7-8,11,13H,2,5-6,9-10,12,14H2,1H3/t18-/m1/s1. The fourth-order valence-electron chi connectivity index (χ4n) is 4.10. The van der Waals surface area contributed by atoms with Crippen molar-refractivity contribution in [1.82, 2.24) is 19.7 Å². The number of hydrogen-bond acceptors (Lipinski definition) is 4. The van der Waals surface area contributed by atoms with Gasteiger partial charge in [0.15, 0.2) is 0 Å². The van der Waals surface area contributed by atoms with E-state index in [2.05, 4.69) is 27.1 Å². The fourth-order valence-corrected chi connectivity index (χ4v) is 4.10. The average molecular weight is 325 g/mol. The maximum Gasteiger partial charge on any atom is 0.234 e. The molecule has 1 amide bonds. The summed E-state index contributed by atoms with van der Waals surface area (Å²) in [6.07, 6.45) is 10.4. The highest BCUT2D eigenvalue weighted by Gasteiger charge is 2.49. The Bertz CT molecular complexity index is 728. The predicted octanol–water partition coefficient (Wildman–Crippen LogP) is 1.83. The Hall–Kier alpha value is -2.21. The molecule has 2 aromatic rings. The molecule has 4 rings (SSSR count). The molecule has 0 unspecified atom stereocenters. The second-order valence-electron chi connectivity index (χ2n) is 7.03. The highest BCUT2D eigenvalue weighted by Crippen LogP contribution is 2.42. The molecule has 0 N–H and O–H groups in total. The molecular formula is C18H23N5O. The van der Waals surface area contributed by atoms with Gasteiger partial charge >= 0.3 is 0 Å². The third-order valence-electron chi connectivity index (χ3n) is 5.33. The van der Waals surface area contributed by atoms with E-state index < -0.39 is 0 Å². The van der Waals surface area contributed by atoms with Crippen LogP contribution in [0.3, 0.4) is 0 Å². The van der Waals surface area contributed by atoms with Crippen LogP contribution in [0, 0.1) is 5.41 Å². The topological polar surface area (TPSA) is 54.3 Å². The molecule has 0 bridgehead atoms. The van der Waals surface area contributed by atoms with Gasteiger partial charge in [-0.15, -0.1) is 0 Å². The summed E-state index contributed by atoms with van der Waals surface area (Å²) < 4.78 is 1.75. The number of rotatable bonds is 3. The van der Waals surface area contributed by atoms with E-state index in [1.54, 1.807) is 10.9 Å². The summed E-state index contributed by atoms with van der Waals surface area (Å²) in [5, 5.41) is 4.21. The molecule has 0 radical (unpaired) electrons. The van der Waals surface area contributed by atoms with Crippen molar-refractivity contribution in [3.8, 4) is 0 Å². The van der Waals surface area contributed by atoms with Crippen molar-refractivity contribution in [2.45, 2.75) is 25.8 Å². The lowest BCUT2D eigenvalue weighted by atomic mass is 9.78. The molecule has 2 aromatic heterocycles. The largest absolute Gasteiger partial charge is 0.309 e. The molecule has 126 valence electrons. The Kier molecular flexibility index (Phi) is 3.84. The normalized spacial score (nSPS) is 24.9. The van der Waals surface area contributed by atoms with E-state index in [4.69, 9.17) is 0 Å². The number of anilines is 1. The molecule has 4 heterocycles. The molecule has 0 aliphatic carbocycles. The van der Waals surface area contributed by atoms with Crippen LogP contribution >= 0.6 is 0 Å². The van der Waals surface area contributed by atoms with E-state index in [1.165, 1.54) is 5.56 Å². The monoisotopic (exact) mass is 325 g/mol. The summed E-state index contributed by atoms with van der Waals surface area (Å²) in [4.78, 5) is 21.6. The Morgan fingerprint density at radius 1 is 1.21 bits per heavy atom. The summed E-state index contributed by atoms with van der Waals surface area (Å²) in [7, 11) is 1.89. The first kappa shape index (κ1) is 15.3. The van der Waals surface area contributed by atoms with Crippen LogP contribution in [0.25, 0.3) is 0 Å². The molecule has 1 spiro atoms. The third kappa shape index (κ3) is 2.71. The second-order valence-corrected chi connectivity index (χ2v) is 7.03. The van der Waals surface area contributed by atoms with E-state index in [0.29, 0.717) is 0 Å². The van der Waals surface area contributed by atoms with Gasteiger partial charge < -0.3 is 4.90 Å². The van der Waals surface area contributed by atoms with Gasteiger partial charge in [-0.25, -0.2) is 0 Å². The van der Waals surface area contributed by atoms with E-state index in [0.717, 1.165) is 51.1 Å². The van der Waals surface area contributed by atoms with Crippen molar-refractivity contribution in [1.29, 1.82) is 0 Å². The van der Waals surface area contributed by atoms with E-state index >= 15 is 0 Å². The number of carbonyl (C=O) groups is 1. The number of piperidine rings is 1. The second kappa shape index (κ2) is 6.02. The maximum atomic E-state index is 13.1. The van der Waals surface area contributed by atoms with Crippen molar-refractivity contribution >= 4 is 11.6 Å². The van der Waals surface area contributed by atoms with Gasteiger partial charge in [0.1, 0.15) is 0 Å². The molecule has 2 saturated heterocycles. The van der Waals surface area contributed by atoms with Gasteiger partial charge in [0, 0.05) is 45.3 Å². The summed E-state index contributed by atoms with van der Waals surface area (Å²) in [6.45, 7) is 3.60. The first-order chi connectivity index (χ1) is 11.7. The number of aryl methyl sites for hydroxylation is 1. The van der Waals surface area contributed by atoms with Crippen molar-refractivity contribution in [3.63, 3.8) is 0 Å². The van der Waals surface area contributed by atoms with Gasteiger partial charge in [0.05, 0.1) is 17.3 Å². The zero-order valence-corrected chi connectivity index (χ0v) is 14.1. The van der Waals surface area contributed by atoms with Gasteiger partial charge in [0.2, 0.25) is 5.91 Å². The highest BCUT2D eigenvalue weighted by molar-refractivity contribution is 6.00. The van der Waals surface area contributed by atoms with Crippen LogP contribution < -0.4 is 4.90 Å². The van der Waals surface area contributed by atoms with Crippen LogP contribution in [0.4, 0.5) is 5.69 Å². The van der Waals surface area contributed by atoms with Crippen LogP contribution in [0.1, 0.15) is 24.8 Å². The Morgan fingerprint density at radius 3 is 2.79 bits per heavy atom. The number of likely N-dealkylation sites (tertiary alicyclic amines) is 1. The Labute approximate surface area is 142 Å². The number of hydrogen-bond donors (Lipinski definition) is 0. The number of amides is 1. The van der Waals surface area contributed by atoms with Crippen LogP contribution in [0.5, 0.6) is 0 Å². The molecular weight excluding hydrogens is 302 g/mol. The number of pyridine rings is 1. The van der Waals surface area contributed by atoms with Crippen LogP contribution in [-0.2, 0) is 18.4 Å². The van der Waals surface area contributed by atoms with E-state index in [1.807, 2.05) is 30.5 Å². The lowest BCUT2D eigenvalue weighted by molar-refractivity contribution is -0.128. The minimum absolute atomic E-state index is 0.221. The van der Waals surface area contributed by atoms with E-state index in [-0.39, 0.29) is 11.3 Å². The lowest BCUT2D eigenvalue weighted by Gasteiger charge is -2.39. The van der Waals surface area contributed by atoms with Crippen molar-refractivity contribution in [3.05, 3.63) is 42.5 Å².